The average Bonchev–Trinajstić information content (AvgIpc) is 1.56. The van der Waals surface area contributed by atoms with E-state index in [-0.39, 0.29) is 47.3 Å². The summed E-state index contributed by atoms with van der Waals surface area (Å²) in [5.41, 5.74) is 16.6. The van der Waals surface area contributed by atoms with E-state index in [1.165, 1.54) is 79.0 Å². The first kappa shape index (κ1) is 62.3. The lowest BCUT2D eigenvalue weighted by Crippen LogP contribution is -2.61. The molecule has 12 aliphatic carbocycles. The van der Waals surface area contributed by atoms with Gasteiger partial charge >= 0.3 is 0 Å². The molecule has 7 heteroatoms. The number of nitrogens with zero attached hydrogens (tertiary/aromatic N) is 2. The molecular weight excluding hydrogens is 1210 g/mol. The molecular formula is C90H88F4N2Si. The van der Waals surface area contributed by atoms with E-state index in [0.717, 1.165) is 125 Å². The van der Waals surface area contributed by atoms with Crippen LogP contribution < -0.4 is 20.2 Å². The number of anilines is 3. The highest BCUT2D eigenvalue weighted by molar-refractivity contribution is 7.11. The summed E-state index contributed by atoms with van der Waals surface area (Å²) in [6, 6.07) is 30.5. The van der Waals surface area contributed by atoms with Gasteiger partial charge in [-0.25, -0.2) is 17.6 Å². The first-order valence-corrected chi connectivity index (χ1v) is 38.7. The van der Waals surface area contributed by atoms with Crippen molar-refractivity contribution in [3.8, 4) is 22.3 Å². The molecule has 490 valence electrons. The van der Waals surface area contributed by atoms with Crippen molar-refractivity contribution in [2.45, 2.75) is 139 Å². The molecule has 97 heavy (non-hydrogen) atoms. The van der Waals surface area contributed by atoms with Crippen LogP contribution in [0.4, 0.5) is 34.6 Å². The van der Waals surface area contributed by atoms with Crippen molar-refractivity contribution in [1.29, 1.82) is 0 Å². The highest BCUT2D eigenvalue weighted by Gasteiger charge is 2.62. The Hall–Kier alpha value is -8.26. The molecule has 0 N–H and O–H groups in total. The van der Waals surface area contributed by atoms with E-state index in [9.17, 15) is 0 Å². The number of rotatable bonds is 14. The molecule has 0 amide bonds. The quantitative estimate of drug-likeness (QED) is 0.0705. The minimum absolute atomic E-state index is 0.0171. The van der Waals surface area contributed by atoms with Gasteiger partial charge in [0, 0.05) is 57.8 Å². The third-order valence-corrected chi connectivity index (χ3v) is 31.3. The van der Waals surface area contributed by atoms with E-state index in [1.807, 2.05) is 12.2 Å². The molecule has 0 radical (unpaired) electrons. The van der Waals surface area contributed by atoms with Crippen LogP contribution >= 0.6 is 0 Å². The van der Waals surface area contributed by atoms with Gasteiger partial charge in [-0.3, -0.25) is 0 Å². The first-order valence-electron chi connectivity index (χ1n) is 36.7. The van der Waals surface area contributed by atoms with Crippen LogP contribution in [-0.4, -0.2) is 14.2 Å². The fraction of sp³-hybridized carbons (Fsp3) is 0.333. The summed E-state index contributed by atoms with van der Waals surface area (Å²) in [5, 5.41) is 4.46. The van der Waals surface area contributed by atoms with Crippen molar-refractivity contribution in [3.63, 3.8) is 0 Å². The second-order valence-electron chi connectivity index (χ2n) is 29.8. The molecule has 0 spiro atoms. The molecule has 1 heterocycles. The van der Waals surface area contributed by atoms with Gasteiger partial charge in [0.2, 0.25) is 0 Å². The lowest BCUT2D eigenvalue weighted by atomic mass is 9.56. The second-order valence-corrected chi connectivity index (χ2v) is 34.0. The number of alkyl halides is 1. The van der Waals surface area contributed by atoms with Gasteiger partial charge in [0.05, 0.1) is 0 Å². The van der Waals surface area contributed by atoms with Gasteiger partial charge in [-0.05, 0) is 266 Å². The summed E-state index contributed by atoms with van der Waals surface area (Å²) in [6.45, 7) is 8.41. The molecule has 4 aromatic carbocycles. The molecule has 13 aliphatic rings. The minimum atomic E-state index is -2.82. The number of allylic oxidation sites excluding steroid dienone is 33. The Balaban J connectivity index is 0.874. The molecule has 12 unspecified atom stereocenters. The zero-order valence-electron chi connectivity index (χ0n) is 55.8. The number of fused-ring (bicyclic) bond motifs is 9. The summed E-state index contributed by atoms with van der Waals surface area (Å²) in [6.07, 6.45) is 69.3. The molecule has 2 nitrogen and oxygen atoms in total. The number of hydrogen-bond acceptors (Lipinski definition) is 2. The van der Waals surface area contributed by atoms with Crippen LogP contribution in [-0.2, 0) is 5.41 Å². The number of halogens is 4. The normalized spacial score (nSPS) is 31.8. The van der Waals surface area contributed by atoms with E-state index in [2.05, 4.69) is 223 Å². The van der Waals surface area contributed by atoms with Gasteiger partial charge in [-0.1, -0.05) is 187 Å². The van der Waals surface area contributed by atoms with Crippen LogP contribution in [0.5, 0.6) is 0 Å². The molecule has 0 saturated heterocycles. The van der Waals surface area contributed by atoms with Crippen LogP contribution in [0.25, 0.3) is 22.3 Å². The van der Waals surface area contributed by atoms with Gasteiger partial charge in [0.15, 0.2) is 12.0 Å². The van der Waals surface area contributed by atoms with Crippen molar-refractivity contribution in [1.82, 2.24) is 0 Å². The Kier molecular flexibility index (Phi) is 16.2. The predicted octanol–water partition coefficient (Wildman–Crippen LogP) is 23.2. The zero-order valence-corrected chi connectivity index (χ0v) is 56.8. The lowest BCUT2D eigenvalue weighted by Gasteiger charge is -2.47. The van der Waals surface area contributed by atoms with Gasteiger partial charge in [0.1, 0.15) is 19.7 Å². The Morgan fingerprint density at radius 2 is 1.40 bits per heavy atom. The van der Waals surface area contributed by atoms with Gasteiger partial charge in [0.25, 0.3) is 0 Å². The Morgan fingerprint density at radius 3 is 2.12 bits per heavy atom. The molecule has 0 bridgehead atoms. The molecule has 0 aromatic heterocycles. The standard InChI is InChI=1S/C90H88F4N2Si/c1-3-59-33-37-63(38-34-59)89(61-21-9-5-10-22-61)79-31-19-17-29-73(79)75-47-41-67(55-81(75)89)95(69-43-49-83(91)85(93)57-69)65-45-51-87-77(53-65)78-54-66(46-52-88(78)97(87,71-25-13-7-14-26-71)72-27-15-8-16-28-72)96(70-44-50-84(92)86(94)58-70)68-42-48-76-74-30-18-20-32-80(74)90(82(76)56-68,62-23-11-6-12-24-62)64-39-35-60(4-2)36-40-64/h3-7,9-11,13,17-19,21,23,27,29-31,33,35,39-43,45-49,51-56,58,60-61,63,71,74,76,80,82,85H,1-2,8,12,14-16,20,22,24-26,28,32,34,36-38,44,50,57H2. The lowest BCUT2D eigenvalue weighted by molar-refractivity contribution is 0.227. The van der Waals surface area contributed by atoms with Gasteiger partial charge < -0.3 is 9.80 Å². The Bertz CT molecular complexity index is 4480. The topological polar surface area (TPSA) is 6.48 Å². The molecule has 17 rings (SSSR count). The number of hydrogen-bond donors (Lipinski definition) is 0. The van der Waals surface area contributed by atoms with E-state index in [1.54, 1.807) is 5.20 Å². The monoisotopic (exact) mass is 1300 g/mol. The van der Waals surface area contributed by atoms with Gasteiger partial charge in [-0.2, -0.15) is 0 Å². The summed E-state index contributed by atoms with van der Waals surface area (Å²) in [4.78, 5) is 4.56. The van der Waals surface area contributed by atoms with Gasteiger partial charge in [-0.15, -0.1) is 6.58 Å². The van der Waals surface area contributed by atoms with Crippen molar-refractivity contribution >= 4 is 35.5 Å². The SMILES string of the molecule is C=CC1=CCC(C2(C3C=CC=CC3)c3ccccc3-c3ccc(N(C4=CC=C(F)C(F)C4)c4ccc5c(c4)-c4cc(N(C6=CC7C(C=C6)C6C=CCCC6C7(C6=CCC(C=C)C=C6)C6=CC=CCC6)C6=CC(F)=C(F)CC6)ccc4[Si]5(C4=CCCCC4)C4CC=CCC4)cc32)CC1. The van der Waals surface area contributed by atoms with Crippen LogP contribution in [0.2, 0.25) is 5.54 Å². The summed E-state index contributed by atoms with van der Waals surface area (Å²) in [7, 11) is -2.82. The van der Waals surface area contributed by atoms with Crippen molar-refractivity contribution in [2.75, 3.05) is 9.80 Å². The third-order valence-electron chi connectivity index (χ3n) is 25.5. The van der Waals surface area contributed by atoms with E-state index in [0.29, 0.717) is 35.4 Å². The summed E-state index contributed by atoms with van der Waals surface area (Å²) < 4.78 is 64.1. The van der Waals surface area contributed by atoms with E-state index in [4.69, 9.17) is 0 Å². The minimum Gasteiger partial charge on any atom is -0.314 e. The fourth-order valence-electron chi connectivity index (χ4n) is 21.4. The second kappa shape index (κ2) is 25.2. The summed E-state index contributed by atoms with van der Waals surface area (Å²) in [5.74, 6) is -0.455. The molecule has 1 aliphatic heterocycles. The maximum atomic E-state index is 16.5. The zero-order chi connectivity index (χ0) is 65.6. The Labute approximate surface area is 573 Å². The largest absolute Gasteiger partial charge is 0.314 e. The highest BCUT2D eigenvalue weighted by Crippen LogP contribution is 2.68. The molecule has 1 fully saturated rings. The smallest absolute Gasteiger partial charge is 0.157 e. The van der Waals surface area contributed by atoms with Crippen molar-refractivity contribution in [3.05, 3.63) is 305 Å². The Morgan fingerprint density at radius 1 is 0.577 bits per heavy atom. The van der Waals surface area contributed by atoms with Crippen molar-refractivity contribution in [2.24, 2.45) is 46.8 Å². The summed E-state index contributed by atoms with van der Waals surface area (Å²) >= 11 is 0. The van der Waals surface area contributed by atoms with Crippen LogP contribution in [0.3, 0.4) is 0 Å². The predicted molar refractivity (Wildman–Crippen MR) is 397 cm³/mol. The van der Waals surface area contributed by atoms with E-state index < -0.39 is 31.7 Å². The average molecular weight is 1300 g/mol. The van der Waals surface area contributed by atoms with E-state index >= 15 is 17.6 Å². The highest BCUT2D eigenvalue weighted by atomic mass is 28.3. The van der Waals surface area contributed by atoms with Crippen LogP contribution in [0, 0.1) is 46.8 Å². The van der Waals surface area contributed by atoms with Crippen molar-refractivity contribution < 1.29 is 17.6 Å². The molecule has 1 saturated carbocycles. The maximum absolute atomic E-state index is 16.5. The maximum Gasteiger partial charge on any atom is 0.157 e. The van der Waals surface area contributed by atoms with Crippen LogP contribution in [0.1, 0.15) is 133 Å². The third kappa shape index (κ3) is 9.86. The fourth-order valence-corrected chi connectivity index (χ4v) is 27.9. The van der Waals surface area contributed by atoms with Crippen LogP contribution in [0.15, 0.2) is 294 Å². The number of benzene rings is 4. The molecule has 4 aromatic rings. The molecule has 12 atom stereocenters. The first-order chi connectivity index (χ1) is 47.6.